The second-order valence-electron chi connectivity index (χ2n) is 5.26. The molecule has 1 amide bonds. The van der Waals surface area contributed by atoms with Crippen LogP contribution in [0.25, 0.3) is 5.82 Å². The fourth-order valence-electron chi connectivity index (χ4n) is 2.14. The average Bonchev–Trinajstić information content (AvgIpc) is 3.12. The van der Waals surface area contributed by atoms with Gasteiger partial charge >= 0.3 is 0 Å². The summed E-state index contributed by atoms with van der Waals surface area (Å²) in [5.41, 5.74) is 0.491. The van der Waals surface area contributed by atoms with Gasteiger partial charge in [0.1, 0.15) is 11.4 Å². The summed E-state index contributed by atoms with van der Waals surface area (Å²) in [5, 5.41) is 16.8. The van der Waals surface area contributed by atoms with E-state index in [4.69, 9.17) is 0 Å². The van der Waals surface area contributed by atoms with Gasteiger partial charge in [0.15, 0.2) is 0 Å². The van der Waals surface area contributed by atoms with Gasteiger partial charge in [0.25, 0.3) is 5.91 Å². The maximum Gasteiger partial charge on any atom is 0.256 e. The van der Waals surface area contributed by atoms with Gasteiger partial charge in [-0.2, -0.15) is 5.10 Å². The van der Waals surface area contributed by atoms with Crippen LogP contribution >= 0.6 is 0 Å². The highest BCUT2D eigenvalue weighted by Gasteiger charge is 2.19. The Bertz CT molecular complexity index is 589. The average molecular weight is 290 g/mol. The topological polar surface area (TPSA) is 72.1 Å². The van der Waals surface area contributed by atoms with Crippen molar-refractivity contribution in [2.24, 2.45) is 13.0 Å². The fourth-order valence-corrected chi connectivity index (χ4v) is 2.14. The van der Waals surface area contributed by atoms with Crippen molar-refractivity contribution in [2.75, 3.05) is 6.54 Å². The lowest BCUT2D eigenvalue weighted by molar-refractivity contribution is 0.0850. The Balaban J connectivity index is 2.11. The van der Waals surface area contributed by atoms with Gasteiger partial charge < -0.3 is 15.0 Å². The summed E-state index contributed by atoms with van der Waals surface area (Å²) in [5.74, 6) is 0.632. The van der Waals surface area contributed by atoms with E-state index in [9.17, 15) is 9.90 Å². The van der Waals surface area contributed by atoms with E-state index in [0.29, 0.717) is 11.4 Å². The zero-order valence-corrected chi connectivity index (χ0v) is 12.7. The van der Waals surface area contributed by atoms with Gasteiger partial charge in [0.2, 0.25) is 0 Å². The van der Waals surface area contributed by atoms with Gasteiger partial charge in [-0.1, -0.05) is 20.3 Å². The smallest absolute Gasteiger partial charge is 0.256 e. The van der Waals surface area contributed by atoms with E-state index >= 15 is 0 Å². The third-order valence-electron chi connectivity index (χ3n) is 3.77. The molecule has 2 aromatic rings. The molecule has 2 aromatic heterocycles. The zero-order chi connectivity index (χ0) is 15.4. The van der Waals surface area contributed by atoms with E-state index in [1.165, 1.54) is 0 Å². The third kappa shape index (κ3) is 3.33. The van der Waals surface area contributed by atoms with Gasteiger partial charge in [0, 0.05) is 26.0 Å². The molecule has 0 aliphatic rings. The summed E-state index contributed by atoms with van der Waals surface area (Å²) < 4.78 is 3.49. The minimum atomic E-state index is -0.536. The maximum absolute atomic E-state index is 12.3. The first-order chi connectivity index (χ1) is 10.0. The van der Waals surface area contributed by atoms with Crippen molar-refractivity contribution in [2.45, 2.75) is 26.4 Å². The van der Waals surface area contributed by atoms with Gasteiger partial charge in [0.05, 0.1) is 12.3 Å². The Morgan fingerprint density at radius 2 is 2.10 bits per heavy atom. The second-order valence-corrected chi connectivity index (χ2v) is 5.26. The highest BCUT2D eigenvalue weighted by Crippen LogP contribution is 2.14. The van der Waals surface area contributed by atoms with Crippen LogP contribution in [0, 0.1) is 5.92 Å². The van der Waals surface area contributed by atoms with E-state index in [1.807, 2.05) is 42.9 Å². The standard InChI is InChI=1S/C15H22N4O2/c1-4-11(2)13(20)10-16-14(21)12-9-17-18(3)15(12)19-7-5-6-8-19/h5-9,11,13,20H,4,10H2,1-3H3,(H,16,21). The lowest BCUT2D eigenvalue weighted by Crippen LogP contribution is -2.35. The predicted molar refractivity (Wildman–Crippen MR) is 80.3 cm³/mol. The summed E-state index contributed by atoms with van der Waals surface area (Å²) in [6.45, 7) is 4.22. The van der Waals surface area contributed by atoms with Crippen LogP contribution < -0.4 is 5.32 Å². The van der Waals surface area contributed by atoms with E-state index in [0.717, 1.165) is 6.42 Å². The van der Waals surface area contributed by atoms with Crippen molar-refractivity contribution in [3.63, 3.8) is 0 Å². The molecule has 0 spiro atoms. The summed E-state index contributed by atoms with van der Waals surface area (Å²) in [6.07, 6.45) is 5.60. The normalized spacial score (nSPS) is 13.9. The number of aliphatic hydroxyl groups is 1. The molecule has 0 saturated heterocycles. The third-order valence-corrected chi connectivity index (χ3v) is 3.77. The first-order valence-electron chi connectivity index (χ1n) is 7.16. The van der Waals surface area contributed by atoms with Gasteiger partial charge in [-0.3, -0.25) is 9.48 Å². The zero-order valence-electron chi connectivity index (χ0n) is 12.7. The molecule has 2 heterocycles. The van der Waals surface area contributed by atoms with Crippen LogP contribution in [0.5, 0.6) is 0 Å². The summed E-state index contributed by atoms with van der Waals surface area (Å²) >= 11 is 0. The molecule has 0 bridgehead atoms. The monoisotopic (exact) mass is 290 g/mol. The minimum absolute atomic E-state index is 0.156. The van der Waals surface area contributed by atoms with Crippen molar-refractivity contribution in [3.8, 4) is 5.82 Å². The van der Waals surface area contributed by atoms with E-state index in [1.54, 1.807) is 17.9 Å². The lowest BCUT2D eigenvalue weighted by Gasteiger charge is -2.17. The molecule has 2 N–H and O–H groups in total. The van der Waals surface area contributed by atoms with Gasteiger partial charge in [-0.25, -0.2) is 0 Å². The Morgan fingerprint density at radius 1 is 1.43 bits per heavy atom. The number of hydrogen-bond acceptors (Lipinski definition) is 3. The summed E-state index contributed by atoms with van der Waals surface area (Å²) in [7, 11) is 1.79. The van der Waals surface area contributed by atoms with Crippen LogP contribution in [0.2, 0.25) is 0 Å². The number of nitrogens with one attached hydrogen (secondary N) is 1. The molecule has 0 aliphatic carbocycles. The second kappa shape index (κ2) is 6.58. The number of hydrogen-bond donors (Lipinski definition) is 2. The number of nitrogens with zero attached hydrogens (tertiary/aromatic N) is 3. The molecule has 0 fully saturated rings. The van der Waals surface area contributed by atoms with Gasteiger partial charge in [-0.05, 0) is 18.1 Å². The Labute approximate surface area is 124 Å². The first-order valence-corrected chi connectivity index (χ1v) is 7.16. The molecule has 2 unspecified atom stereocenters. The molecule has 6 heteroatoms. The maximum atomic E-state index is 12.3. The molecule has 6 nitrogen and oxygen atoms in total. The van der Waals surface area contributed by atoms with Crippen LogP contribution in [0.1, 0.15) is 30.6 Å². The number of rotatable bonds is 6. The van der Waals surface area contributed by atoms with Crippen molar-refractivity contribution in [1.82, 2.24) is 19.7 Å². The molecular weight excluding hydrogens is 268 g/mol. The molecule has 2 atom stereocenters. The molecule has 0 aliphatic heterocycles. The van der Waals surface area contributed by atoms with E-state index < -0.39 is 6.10 Å². The minimum Gasteiger partial charge on any atom is -0.391 e. The number of amides is 1. The Kier molecular flexibility index (Phi) is 4.80. The van der Waals surface area contributed by atoms with Crippen molar-refractivity contribution < 1.29 is 9.90 Å². The number of aryl methyl sites for hydroxylation is 1. The Morgan fingerprint density at radius 3 is 2.71 bits per heavy atom. The molecule has 114 valence electrons. The molecule has 21 heavy (non-hydrogen) atoms. The summed E-state index contributed by atoms with van der Waals surface area (Å²) in [6, 6.07) is 3.78. The number of carbonyl (C=O) groups is 1. The summed E-state index contributed by atoms with van der Waals surface area (Å²) in [4.78, 5) is 12.3. The fraction of sp³-hybridized carbons (Fsp3) is 0.467. The number of aliphatic hydroxyl groups excluding tert-OH is 1. The molecular formula is C15H22N4O2. The Hall–Kier alpha value is -2.08. The largest absolute Gasteiger partial charge is 0.391 e. The number of carbonyl (C=O) groups excluding carboxylic acids is 1. The molecule has 2 rings (SSSR count). The number of aromatic nitrogens is 3. The van der Waals surface area contributed by atoms with E-state index in [-0.39, 0.29) is 18.4 Å². The molecule has 0 radical (unpaired) electrons. The quantitative estimate of drug-likeness (QED) is 0.843. The first kappa shape index (κ1) is 15.3. The lowest BCUT2D eigenvalue weighted by atomic mass is 10.0. The van der Waals surface area contributed by atoms with Crippen LogP contribution in [-0.4, -0.2) is 38.0 Å². The van der Waals surface area contributed by atoms with E-state index in [2.05, 4.69) is 10.4 Å². The van der Waals surface area contributed by atoms with Crippen molar-refractivity contribution >= 4 is 5.91 Å². The molecule has 0 aromatic carbocycles. The van der Waals surface area contributed by atoms with Crippen molar-refractivity contribution in [1.29, 1.82) is 0 Å². The van der Waals surface area contributed by atoms with Crippen LogP contribution in [-0.2, 0) is 7.05 Å². The van der Waals surface area contributed by atoms with Crippen molar-refractivity contribution in [3.05, 3.63) is 36.3 Å². The highest BCUT2D eigenvalue weighted by molar-refractivity contribution is 5.97. The predicted octanol–water partition coefficient (Wildman–Crippen LogP) is 1.35. The van der Waals surface area contributed by atoms with Gasteiger partial charge in [-0.15, -0.1) is 0 Å². The SMILES string of the molecule is CCC(C)C(O)CNC(=O)c1cnn(C)c1-n1cccc1. The highest BCUT2D eigenvalue weighted by atomic mass is 16.3. The van der Waals surface area contributed by atoms with Crippen LogP contribution in [0.15, 0.2) is 30.7 Å². The van der Waals surface area contributed by atoms with Crippen LogP contribution in [0.3, 0.4) is 0 Å². The molecule has 0 saturated carbocycles. The van der Waals surface area contributed by atoms with Crippen LogP contribution in [0.4, 0.5) is 0 Å².